The summed E-state index contributed by atoms with van der Waals surface area (Å²) in [4.78, 5) is 9.40. The number of ether oxygens (including phenoxy) is 2. The van der Waals surface area contributed by atoms with Crippen molar-refractivity contribution in [3.8, 4) is 23.0 Å². The molecule has 0 aliphatic heterocycles. The molecule has 0 heterocycles. The molecule has 0 aromatic heterocycles. The first-order valence-electron chi connectivity index (χ1n) is 17.5. The Kier molecular flexibility index (Phi) is 10.3. The highest BCUT2D eigenvalue weighted by Crippen LogP contribution is 2.35. The zero-order valence-electron chi connectivity index (χ0n) is 30.9. The van der Waals surface area contributed by atoms with Crippen molar-refractivity contribution in [2.45, 2.75) is 60.8 Å². The largest absolute Gasteiger partial charge is 0.457 e. The van der Waals surface area contributed by atoms with Crippen LogP contribution in [-0.2, 0) is 5.41 Å². The molecule has 0 unspecified atom stereocenters. The third-order valence-corrected chi connectivity index (χ3v) is 9.46. The quantitative estimate of drug-likeness (QED) is 0.136. The van der Waals surface area contributed by atoms with Crippen LogP contribution >= 0.6 is 0 Å². The van der Waals surface area contributed by atoms with E-state index in [0.29, 0.717) is 0 Å². The molecule has 0 radical (unpaired) electrons. The van der Waals surface area contributed by atoms with Crippen molar-refractivity contribution in [2.24, 2.45) is 9.98 Å². The minimum atomic E-state index is -0.210. The van der Waals surface area contributed by atoms with E-state index in [1.165, 1.54) is 55.6 Å². The molecule has 0 N–H and O–H groups in total. The Labute approximate surface area is 303 Å². The lowest BCUT2D eigenvalue weighted by atomic mass is 9.78. The molecule has 0 aliphatic carbocycles. The molecule has 4 nitrogen and oxygen atoms in total. The van der Waals surface area contributed by atoms with Crippen molar-refractivity contribution in [3.05, 3.63) is 177 Å². The van der Waals surface area contributed by atoms with Gasteiger partial charge >= 0.3 is 0 Å². The summed E-state index contributed by atoms with van der Waals surface area (Å²) < 4.78 is 12.3. The minimum absolute atomic E-state index is 0.210. The molecule has 0 aliphatic rings. The fourth-order valence-electron chi connectivity index (χ4n) is 6.59. The molecule has 0 fully saturated rings. The van der Waals surface area contributed by atoms with Crippen molar-refractivity contribution in [1.29, 1.82) is 0 Å². The van der Waals surface area contributed by atoms with Gasteiger partial charge in [0.15, 0.2) is 0 Å². The second kappa shape index (κ2) is 15.0. The summed E-state index contributed by atoms with van der Waals surface area (Å²) in [7, 11) is 0. The Morgan fingerprint density at radius 2 is 0.686 bits per heavy atom. The van der Waals surface area contributed by atoms with Crippen LogP contribution in [0.4, 0.5) is 11.4 Å². The number of hydrogen-bond donors (Lipinski definition) is 0. The van der Waals surface area contributed by atoms with E-state index in [1.54, 1.807) is 0 Å². The number of aryl methyl sites for hydroxylation is 6. The summed E-state index contributed by atoms with van der Waals surface area (Å²) in [5, 5.41) is 0. The number of aliphatic imine (C=N–C) groups is 2. The van der Waals surface area contributed by atoms with Gasteiger partial charge in [-0.1, -0.05) is 73.5 Å². The SMILES string of the molecule is Cc1cc(C)c(C=Nc2ccc(Oc3ccc(C(C)(C)c4ccc(Oc5ccc(N=Cc6c(C)cc(C)cc6C)cc5)cc4)cc3)cc2)c(C)c1. The molecule has 6 rings (SSSR count). The Balaban J connectivity index is 1.05. The molecule has 4 heteroatoms. The van der Waals surface area contributed by atoms with Gasteiger partial charge in [-0.2, -0.15) is 0 Å². The monoisotopic (exact) mass is 670 g/mol. The van der Waals surface area contributed by atoms with Crippen LogP contribution < -0.4 is 9.47 Å². The first kappa shape index (κ1) is 35.1. The number of hydrogen-bond acceptors (Lipinski definition) is 4. The average molecular weight is 671 g/mol. The summed E-state index contributed by atoms with van der Waals surface area (Å²) in [5.74, 6) is 3.12. The summed E-state index contributed by atoms with van der Waals surface area (Å²) in [6, 6.07) is 41.2. The topological polar surface area (TPSA) is 43.2 Å². The van der Waals surface area contributed by atoms with Gasteiger partial charge in [-0.05, 0) is 159 Å². The third-order valence-electron chi connectivity index (χ3n) is 9.46. The van der Waals surface area contributed by atoms with E-state index in [9.17, 15) is 0 Å². The molecule has 0 saturated heterocycles. The Bertz CT molecular complexity index is 1990. The zero-order chi connectivity index (χ0) is 36.1. The fraction of sp³-hybridized carbons (Fsp3) is 0.191. The first-order valence-corrected chi connectivity index (χ1v) is 17.5. The maximum atomic E-state index is 6.17. The van der Waals surface area contributed by atoms with Gasteiger partial charge in [-0.3, -0.25) is 9.98 Å². The summed E-state index contributed by atoms with van der Waals surface area (Å²) in [6.45, 7) is 17.2. The highest BCUT2D eigenvalue weighted by molar-refractivity contribution is 5.86. The average Bonchev–Trinajstić information content (AvgIpc) is 3.09. The first-order chi connectivity index (χ1) is 24.4. The second-order valence-corrected chi connectivity index (χ2v) is 14.0. The molecule has 51 heavy (non-hydrogen) atoms. The molecule has 0 amide bonds. The standard InChI is InChI=1S/C47H46N2O2/c1-31-25-33(3)45(34(4)26-31)29-48-39-13-21-43(22-14-39)50-41-17-9-37(10-18-41)47(7,8)38-11-19-42(20-12-38)51-44-23-15-40(16-24-44)49-30-46-35(5)27-32(2)28-36(46)6/h9-30H,1-8H3. The van der Waals surface area contributed by atoms with Crippen LogP contribution in [0.5, 0.6) is 23.0 Å². The smallest absolute Gasteiger partial charge is 0.127 e. The van der Waals surface area contributed by atoms with Crippen molar-refractivity contribution >= 4 is 23.8 Å². The highest BCUT2D eigenvalue weighted by atomic mass is 16.5. The van der Waals surface area contributed by atoms with Crippen LogP contribution in [0, 0.1) is 41.5 Å². The van der Waals surface area contributed by atoms with Crippen molar-refractivity contribution < 1.29 is 9.47 Å². The van der Waals surface area contributed by atoms with Crippen LogP contribution in [0.15, 0.2) is 131 Å². The lowest BCUT2D eigenvalue weighted by Gasteiger charge is -2.26. The molecule has 6 aromatic carbocycles. The van der Waals surface area contributed by atoms with Gasteiger partial charge < -0.3 is 9.47 Å². The van der Waals surface area contributed by atoms with Gasteiger partial charge in [0.1, 0.15) is 23.0 Å². The Morgan fingerprint density at radius 3 is 0.980 bits per heavy atom. The molecular weight excluding hydrogens is 625 g/mol. The predicted molar refractivity (Wildman–Crippen MR) is 214 cm³/mol. The minimum Gasteiger partial charge on any atom is -0.457 e. The van der Waals surface area contributed by atoms with E-state index in [2.05, 4.69) is 104 Å². The van der Waals surface area contributed by atoms with E-state index in [1.807, 2.05) is 85.2 Å². The summed E-state index contributed by atoms with van der Waals surface area (Å²) in [5.41, 5.74) is 13.8. The van der Waals surface area contributed by atoms with Gasteiger partial charge in [-0.15, -0.1) is 0 Å². The van der Waals surface area contributed by atoms with Crippen LogP contribution in [0.25, 0.3) is 0 Å². The van der Waals surface area contributed by atoms with E-state index in [4.69, 9.17) is 19.5 Å². The maximum Gasteiger partial charge on any atom is 0.127 e. The number of benzene rings is 6. The van der Waals surface area contributed by atoms with E-state index >= 15 is 0 Å². The summed E-state index contributed by atoms with van der Waals surface area (Å²) >= 11 is 0. The van der Waals surface area contributed by atoms with E-state index < -0.39 is 0 Å². The van der Waals surface area contributed by atoms with Gasteiger partial charge in [0.2, 0.25) is 0 Å². The predicted octanol–water partition coefficient (Wildman–Crippen LogP) is 12.9. The van der Waals surface area contributed by atoms with Crippen LogP contribution in [0.1, 0.15) is 69.5 Å². The number of rotatable bonds is 10. The fourth-order valence-corrected chi connectivity index (χ4v) is 6.59. The van der Waals surface area contributed by atoms with Gasteiger partial charge in [-0.25, -0.2) is 0 Å². The highest BCUT2D eigenvalue weighted by Gasteiger charge is 2.23. The van der Waals surface area contributed by atoms with Gasteiger partial charge in [0, 0.05) is 17.8 Å². The lowest BCUT2D eigenvalue weighted by Crippen LogP contribution is -2.18. The molecule has 0 spiro atoms. The Morgan fingerprint density at radius 1 is 0.412 bits per heavy atom. The number of nitrogens with zero attached hydrogens (tertiary/aromatic N) is 2. The molecule has 0 saturated carbocycles. The van der Waals surface area contributed by atoms with Crippen molar-refractivity contribution in [2.75, 3.05) is 0 Å². The van der Waals surface area contributed by atoms with Gasteiger partial charge in [0.05, 0.1) is 11.4 Å². The molecular formula is C47H46N2O2. The van der Waals surface area contributed by atoms with Crippen LogP contribution in [-0.4, -0.2) is 12.4 Å². The molecule has 0 bridgehead atoms. The summed E-state index contributed by atoms with van der Waals surface area (Å²) in [6.07, 6.45) is 3.90. The molecule has 256 valence electrons. The lowest BCUT2D eigenvalue weighted by molar-refractivity contribution is 0.481. The van der Waals surface area contributed by atoms with E-state index in [-0.39, 0.29) is 5.41 Å². The van der Waals surface area contributed by atoms with E-state index in [0.717, 1.165) is 34.4 Å². The van der Waals surface area contributed by atoms with Crippen LogP contribution in [0.2, 0.25) is 0 Å². The normalized spacial score (nSPS) is 11.8. The molecule has 6 aromatic rings. The van der Waals surface area contributed by atoms with Crippen LogP contribution in [0.3, 0.4) is 0 Å². The Hall–Kier alpha value is -5.74. The third kappa shape index (κ3) is 8.53. The van der Waals surface area contributed by atoms with Crippen molar-refractivity contribution in [3.63, 3.8) is 0 Å². The second-order valence-electron chi connectivity index (χ2n) is 14.0. The van der Waals surface area contributed by atoms with Crippen molar-refractivity contribution in [1.82, 2.24) is 0 Å². The zero-order valence-corrected chi connectivity index (χ0v) is 30.9. The molecule has 0 atom stereocenters. The van der Waals surface area contributed by atoms with Gasteiger partial charge in [0.25, 0.3) is 0 Å². The maximum absolute atomic E-state index is 6.17.